The van der Waals surface area contributed by atoms with Crippen LogP contribution in [0.15, 0.2) is 12.2 Å². The Balaban J connectivity index is 3.30. The Morgan fingerprint density at radius 2 is 0.554 bits per heavy atom. The van der Waals surface area contributed by atoms with E-state index in [1.807, 2.05) is 6.08 Å². The molecule has 0 aromatic heterocycles. The molecule has 0 aromatic carbocycles. The Hall–Kier alpha value is -1.40. The first kappa shape index (κ1) is 81.6. The van der Waals surface area contributed by atoms with Crippen LogP contribution >= 0.6 is 0 Å². The predicted octanol–water partition coefficient (Wildman–Crippen LogP) is 25.1. The molecule has 0 bridgehead atoms. The number of allylic oxidation sites excluding steroid dienone is 1. The Bertz CT molecular complexity index is 1260. The summed E-state index contributed by atoms with van der Waals surface area (Å²) >= 11 is 0. The van der Waals surface area contributed by atoms with E-state index in [9.17, 15) is 19.8 Å². The van der Waals surface area contributed by atoms with Gasteiger partial charge in [-0.1, -0.05) is 411 Å². The third kappa shape index (κ3) is 69.6. The highest BCUT2D eigenvalue weighted by Crippen LogP contribution is 2.20. The highest BCUT2D eigenvalue weighted by atomic mass is 16.5. The van der Waals surface area contributed by atoms with E-state index in [2.05, 4.69) is 19.2 Å². The fraction of sp³-hybridized carbons (Fsp3) is 0.948. The smallest absolute Gasteiger partial charge is 0.305 e. The molecule has 0 fully saturated rings. The summed E-state index contributed by atoms with van der Waals surface area (Å²) in [6, 6.07) is -0.623. The molecule has 0 heterocycles. The molecule has 2 unspecified atom stereocenters. The van der Waals surface area contributed by atoms with Crippen molar-refractivity contribution in [2.45, 2.75) is 456 Å². The third-order valence-corrected chi connectivity index (χ3v) is 18.3. The molecule has 6 heteroatoms. The maximum atomic E-state index is 12.5. The van der Waals surface area contributed by atoms with Crippen molar-refractivity contribution in [1.29, 1.82) is 0 Å². The van der Waals surface area contributed by atoms with E-state index in [0.29, 0.717) is 19.4 Å². The van der Waals surface area contributed by atoms with Gasteiger partial charge in [0.15, 0.2) is 0 Å². The van der Waals surface area contributed by atoms with E-state index in [1.165, 1.54) is 379 Å². The van der Waals surface area contributed by atoms with Crippen molar-refractivity contribution in [3.8, 4) is 0 Å². The van der Waals surface area contributed by atoms with Crippen molar-refractivity contribution < 1.29 is 24.5 Å². The summed E-state index contributed by atoms with van der Waals surface area (Å²) in [5, 5.41) is 23.2. The third-order valence-electron chi connectivity index (χ3n) is 18.3. The Morgan fingerprint density at radius 3 is 0.819 bits per heavy atom. The van der Waals surface area contributed by atoms with E-state index < -0.39 is 12.1 Å². The topological polar surface area (TPSA) is 95.9 Å². The lowest BCUT2D eigenvalue weighted by atomic mass is 10.0. The number of rotatable bonds is 73. The molecule has 0 saturated heterocycles. The summed E-state index contributed by atoms with van der Waals surface area (Å²) in [5.74, 6) is -0.0329. The van der Waals surface area contributed by atoms with Gasteiger partial charge < -0.3 is 20.3 Å². The predicted molar refractivity (Wildman–Crippen MR) is 366 cm³/mol. The maximum absolute atomic E-state index is 12.5. The molecule has 2 atom stereocenters. The first-order chi connectivity index (χ1) is 41.0. The van der Waals surface area contributed by atoms with Crippen molar-refractivity contribution in [2.75, 3.05) is 13.2 Å². The average Bonchev–Trinajstić information content (AvgIpc) is 3.49. The number of ether oxygens (including phenoxy) is 1. The fourth-order valence-electron chi connectivity index (χ4n) is 12.5. The van der Waals surface area contributed by atoms with Crippen LogP contribution < -0.4 is 5.32 Å². The van der Waals surface area contributed by atoms with Crippen molar-refractivity contribution in [3.05, 3.63) is 12.2 Å². The van der Waals surface area contributed by atoms with Crippen LogP contribution in [0.4, 0.5) is 0 Å². The highest BCUT2D eigenvalue weighted by Gasteiger charge is 2.18. The van der Waals surface area contributed by atoms with Gasteiger partial charge in [0.2, 0.25) is 5.91 Å². The molecule has 1 amide bonds. The molecule has 0 spiro atoms. The number of unbranched alkanes of at least 4 members (excludes halogenated alkanes) is 62. The van der Waals surface area contributed by atoms with Crippen LogP contribution in [0, 0.1) is 0 Å². The molecule has 0 saturated carbocycles. The second kappa shape index (κ2) is 73.1. The van der Waals surface area contributed by atoms with Gasteiger partial charge in [0.25, 0.3) is 0 Å². The van der Waals surface area contributed by atoms with Crippen LogP contribution in [0.5, 0.6) is 0 Å². The molecule has 83 heavy (non-hydrogen) atoms. The zero-order chi connectivity index (χ0) is 59.9. The van der Waals surface area contributed by atoms with Crippen molar-refractivity contribution in [3.63, 3.8) is 0 Å². The average molecular weight is 1170 g/mol. The van der Waals surface area contributed by atoms with E-state index in [-0.39, 0.29) is 18.5 Å². The van der Waals surface area contributed by atoms with Gasteiger partial charge in [-0.25, -0.2) is 0 Å². The summed E-state index contributed by atoms with van der Waals surface area (Å²) in [6.45, 7) is 4.96. The Labute approximate surface area is 520 Å². The molecule has 0 rings (SSSR count). The minimum Gasteiger partial charge on any atom is -0.466 e. The molecule has 3 N–H and O–H groups in total. The maximum Gasteiger partial charge on any atom is 0.305 e. The van der Waals surface area contributed by atoms with Crippen LogP contribution in [0.1, 0.15) is 444 Å². The van der Waals surface area contributed by atoms with Crippen molar-refractivity contribution >= 4 is 11.9 Å². The zero-order valence-electron chi connectivity index (χ0n) is 56.7. The summed E-state index contributed by atoms with van der Waals surface area (Å²) in [6.07, 6.45) is 91.9. The molecular formula is C77H151NO5. The lowest BCUT2D eigenvalue weighted by molar-refractivity contribution is -0.143. The number of carbonyl (C=O) groups is 2. The molecule has 6 nitrogen and oxygen atoms in total. The van der Waals surface area contributed by atoms with Gasteiger partial charge in [0.1, 0.15) is 0 Å². The van der Waals surface area contributed by atoms with Gasteiger partial charge in [-0.05, 0) is 32.1 Å². The van der Waals surface area contributed by atoms with E-state index >= 15 is 0 Å². The van der Waals surface area contributed by atoms with E-state index in [4.69, 9.17) is 4.74 Å². The standard InChI is InChI=1S/C77H151NO5/c1-3-5-7-9-11-13-15-17-19-20-39-43-47-51-55-59-63-67-71-77(82)83-72-68-64-60-56-52-48-44-40-37-35-33-31-29-27-25-23-21-22-24-26-28-30-32-34-36-38-42-46-50-54-58-62-66-70-76(81)78-74(73-79)75(80)69-65-61-57-53-49-45-41-18-16-14-12-10-8-6-4-2/h65,69,74-75,79-80H,3-64,66-68,70-73H2,1-2H3,(H,78,81)/b69-65+. The van der Waals surface area contributed by atoms with Gasteiger partial charge in [-0.2, -0.15) is 0 Å². The quantitative estimate of drug-likeness (QED) is 0.0320. The Morgan fingerprint density at radius 1 is 0.325 bits per heavy atom. The van der Waals surface area contributed by atoms with Crippen LogP contribution in [0.2, 0.25) is 0 Å². The van der Waals surface area contributed by atoms with Crippen molar-refractivity contribution in [2.24, 2.45) is 0 Å². The summed E-state index contributed by atoms with van der Waals surface area (Å²) in [4.78, 5) is 24.6. The summed E-state index contributed by atoms with van der Waals surface area (Å²) < 4.78 is 5.52. The number of aliphatic hydroxyl groups excluding tert-OH is 2. The van der Waals surface area contributed by atoms with E-state index in [0.717, 1.165) is 38.5 Å². The second-order valence-corrected chi connectivity index (χ2v) is 26.7. The molecule has 0 aliphatic rings. The normalized spacial score (nSPS) is 12.5. The van der Waals surface area contributed by atoms with E-state index in [1.54, 1.807) is 6.08 Å². The van der Waals surface area contributed by atoms with Gasteiger partial charge in [-0.3, -0.25) is 9.59 Å². The van der Waals surface area contributed by atoms with Crippen LogP contribution in [0.25, 0.3) is 0 Å². The first-order valence-corrected chi connectivity index (χ1v) is 38.5. The van der Waals surface area contributed by atoms with Gasteiger partial charge in [0, 0.05) is 12.8 Å². The summed E-state index contributed by atoms with van der Waals surface area (Å²) in [7, 11) is 0. The molecular weight excluding hydrogens is 1020 g/mol. The number of hydrogen-bond donors (Lipinski definition) is 3. The molecule has 0 aliphatic heterocycles. The number of hydrogen-bond acceptors (Lipinski definition) is 5. The SMILES string of the molecule is CCCCCCCCCCCCCCC/C=C/C(O)C(CO)NC(=O)CCCCCCCCCCCCCCCCCCCCCCCCCCCCCCCCCCCOC(=O)CCCCCCCCCCCCCCCCCCCC. The van der Waals surface area contributed by atoms with Gasteiger partial charge in [0.05, 0.1) is 25.4 Å². The number of nitrogens with one attached hydrogen (secondary N) is 1. The number of carbonyl (C=O) groups excluding carboxylic acids is 2. The van der Waals surface area contributed by atoms with Gasteiger partial charge >= 0.3 is 5.97 Å². The Kier molecular flexibility index (Phi) is 71.8. The zero-order valence-corrected chi connectivity index (χ0v) is 56.7. The second-order valence-electron chi connectivity index (χ2n) is 26.7. The van der Waals surface area contributed by atoms with Crippen LogP contribution in [0.3, 0.4) is 0 Å². The van der Waals surface area contributed by atoms with Crippen LogP contribution in [-0.4, -0.2) is 47.4 Å². The minimum absolute atomic E-state index is 0.0270. The lowest BCUT2D eigenvalue weighted by Gasteiger charge is -2.20. The van der Waals surface area contributed by atoms with Gasteiger partial charge in [-0.15, -0.1) is 0 Å². The minimum atomic E-state index is -0.840. The molecule has 0 aliphatic carbocycles. The largest absolute Gasteiger partial charge is 0.466 e. The number of aliphatic hydroxyl groups is 2. The van der Waals surface area contributed by atoms with Crippen LogP contribution in [-0.2, 0) is 14.3 Å². The monoisotopic (exact) mass is 1170 g/mol. The van der Waals surface area contributed by atoms with Crippen molar-refractivity contribution in [1.82, 2.24) is 5.32 Å². The number of esters is 1. The molecule has 0 radical (unpaired) electrons. The fourth-order valence-corrected chi connectivity index (χ4v) is 12.5. The lowest BCUT2D eigenvalue weighted by Crippen LogP contribution is -2.45. The molecule has 0 aromatic rings. The highest BCUT2D eigenvalue weighted by molar-refractivity contribution is 5.76. The first-order valence-electron chi connectivity index (χ1n) is 38.5. The molecule has 494 valence electrons. The summed E-state index contributed by atoms with van der Waals surface area (Å²) in [5.41, 5.74) is 0. The number of amides is 1.